The number of nitrogens with one attached hydrogen (secondary N) is 3. The van der Waals surface area contributed by atoms with Crippen LogP contribution in [0.1, 0.15) is 31.5 Å². The molecule has 2 amide bonds. The summed E-state index contributed by atoms with van der Waals surface area (Å²) < 4.78 is 28.4. The van der Waals surface area contributed by atoms with Gasteiger partial charge in [-0.15, -0.1) is 11.3 Å². The summed E-state index contributed by atoms with van der Waals surface area (Å²) in [5, 5.41) is 6.43. The van der Waals surface area contributed by atoms with Gasteiger partial charge in [-0.05, 0) is 100 Å². The molecule has 13 heteroatoms. The third kappa shape index (κ3) is 7.07. The van der Waals surface area contributed by atoms with Crippen molar-refractivity contribution in [3.8, 4) is 5.69 Å². The molecule has 2 aromatic carbocycles. The topological polar surface area (TPSA) is 125 Å². The number of aromatic nitrogens is 2. The first-order chi connectivity index (χ1) is 19.7. The van der Waals surface area contributed by atoms with Gasteiger partial charge in [0, 0.05) is 17.9 Å². The number of hydrogen-bond acceptors (Lipinski definition) is 8. The van der Waals surface area contributed by atoms with Crippen LogP contribution < -0.4 is 20.9 Å². The molecular formula is C28H31ClN6O4S2. The van der Waals surface area contributed by atoms with Crippen LogP contribution in [0.3, 0.4) is 0 Å². The van der Waals surface area contributed by atoms with E-state index in [1.165, 1.54) is 49.1 Å². The number of benzene rings is 2. The molecule has 3 N–H and O–H groups in total. The number of nitrogens with zero attached hydrogens (tertiary/aromatic N) is 3. The molecule has 41 heavy (non-hydrogen) atoms. The van der Waals surface area contributed by atoms with Crippen molar-refractivity contribution in [2.45, 2.75) is 36.8 Å². The number of piperidine rings is 1. The number of halogens is 1. The number of likely N-dealkylation sites (tertiary alicyclic amines) is 1. The summed E-state index contributed by atoms with van der Waals surface area (Å²) >= 11 is 6.65. The van der Waals surface area contributed by atoms with Gasteiger partial charge in [-0.2, -0.15) is 0 Å². The van der Waals surface area contributed by atoms with E-state index in [2.05, 4.69) is 20.5 Å². The van der Waals surface area contributed by atoms with Crippen LogP contribution in [0.4, 0.5) is 16.2 Å². The largest absolute Gasteiger partial charge is 0.385 e. The predicted octanol–water partition coefficient (Wildman–Crippen LogP) is 5.21. The first kappa shape index (κ1) is 29.1. The highest BCUT2D eigenvalue weighted by atomic mass is 35.5. The molecule has 1 fully saturated rings. The van der Waals surface area contributed by atoms with Gasteiger partial charge in [0.15, 0.2) is 0 Å². The second-order valence-corrected chi connectivity index (χ2v) is 13.5. The lowest BCUT2D eigenvalue weighted by atomic mass is 10.1. The second kappa shape index (κ2) is 12.6. The molecule has 0 atom stereocenters. The molecule has 1 saturated heterocycles. The van der Waals surface area contributed by atoms with E-state index in [1.807, 2.05) is 16.9 Å². The number of sulfonamides is 1. The predicted molar refractivity (Wildman–Crippen MR) is 164 cm³/mol. The molecule has 0 saturated carbocycles. The van der Waals surface area contributed by atoms with E-state index >= 15 is 0 Å². The van der Waals surface area contributed by atoms with Gasteiger partial charge < -0.3 is 15.5 Å². The Morgan fingerprint density at radius 2 is 1.76 bits per heavy atom. The maximum Gasteiger partial charge on any atom is 0.333 e. The Balaban J connectivity index is 1.24. The summed E-state index contributed by atoms with van der Waals surface area (Å²) in [5.74, 6) is 0.518. The van der Waals surface area contributed by atoms with Crippen LogP contribution in [0.25, 0.3) is 16.6 Å². The fourth-order valence-corrected chi connectivity index (χ4v) is 7.28. The smallest absolute Gasteiger partial charge is 0.333 e. The van der Waals surface area contributed by atoms with Gasteiger partial charge >= 0.3 is 6.03 Å². The van der Waals surface area contributed by atoms with Gasteiger partial charge in [0.25, 0.3) is 15.6 Å². The SMILES string of the molecule is Cc1nc2cc(NCCCN3CCCCC3)ccc2c(=O)n1-c1ccc(NC(=O)NS(=O)(=O)c2ccc(Cl)s2)cc1. The fourth-order valence-electron chi connectivity index (χ4n) is 4.89. The number of fused-ring (bicyclic) bond motifs is 1. The van der Waals surface area contributed by atoms with Crippen molar-refractivity contribution < 1.29 is 13.2 Å². The van der Waals surface area contributed by atoms with Crippen LogP contribution in [0, 0.1) is 6.92 Å². The van der Waals surface area contributed by atoms with Crippen molar-refractivity contribution in [3.63, 3.8) is 0 Å². The Labute approximate surface area is 247 Å². The maximum atomic E-state index is 13.4. The highest BCUT2D eigenvalue weighted by Gasteiger charge is 2.20. The van der Waals surface area contributed by atoms with Gasteiger partial charge in [0.2, 0.25) is 0 Å². The molecule has 5 rings (SSSR count). The van der Waals surface area contributed by atoms with E-state index in [9.17, 15) is 18.0 Å². The summed E-state index contributed by atoms with van der Waals surface area (Å²) in [5.41, 5.74) is 2.25. The average molecular weight is 615 g/mol. The van der Waals surface area contributed by atoms with E-state index in [1.54, 1.807) is 37.3 Å². The Hall–Kier alpha value is -3.45. The standard InChI is InChI=1S/C28H31ClN6O4S2/c1-19-31-24-18-21(30-14-5-17-34-15-3-2-4-16-34)8-11-23(24)27(36)35(19)22-9-6-20(7-10-22)32-28(37)33-41(38,39)26-13-12-25(29)40-26/h6-13,18,30H,2-5,14-17H2,1H3,(H2,32,33,37). The van der Waals surface area contributed by atoms with Gasteiger partial charge in [0.1, 0.15) is 10.0 Å². The minimum Gasteiger partial charge on any atom is -0.385 e. The van der Waals surface area contributed by atoms with Crippen molar-refractivity contribution in [2.24, 2.45) is 0 Å². The van der Waals surface area contributed by atoms with Crippen LogP contribution in [0.5, 0.6) is 0 Å². The highest BCUT2D eigenvalue weighted by Crippen LogP contribution is 2.25. The van der Waals surface area contributed by atoms with E-state index in [-0.39, 0.29) is 9.77 Å². The molecule has 10 nitrogen and oxygen atoms in total. The van der Waals surface area contributed by atoms with Crippen LogP contribution in [-0.2, 0) is 10.0 Å². The Kier molecular flexibility index (Phi) is 8.93. The number of anilines is 2. The molecule has 2 aromatic heterocycles. The maximum absolute atomic E-state index is 13.4. The molecule has 4 aromatic rings. The quantitative estimate of drug-likeness (QED) is 0.221. The van der Waals surface area contributed by atoms with Crippen LogP contribution in [0.15, 0.2) is 63.6 Å². The van der Waals surface area contributed by atoms with E-state index in [0.717, 1.165) is 36.5 Å². The van der Waals surface area contributed by atoms with E-state index in [0.29, 0.717) is 32.4 Å². The van der Waals surface area contributed by atoms with Gasteiger partial charge in [-0.3, -0.25) is 9.36 Å². The lowest BCUT2D eigenvalue weighted by Gasteiger charge is -2.26. The number of hydrogen-bond donors (Lipinski definition) is 3. The molecule has 1 aliphatic rings. The Morgan fingerprint density at radius 3 is 2.46 bits per heavy atom. The summed E-state index contributed by atoms with van der Waals surface area (Å²) in [6, 6.07) is 13.9. The van der Waals surface area contributed by atoms with Gasteiger partial charge in [-0.1, -0.05) is 18.0 Å². The van der Waals surface area contributed by atoms with Gasteiger partial charge in [0.05, 0.1) is 20.9 Å². The monoisotopic (exact) mass is 614 g/mol. The molecular weight excluding hydrogens is 584 g/mol. The van der Waals surface area contributed by atoms with Crippen LogP contribution >= 0.6 is 22.9 Å². The fraction of sp³-hybridized carbons (Fsp3) is 0.321. The average Bonchev–Trinajstić information content (AvgIpc) is 3.39. The third-order valence-corrected chi connectivity index (χ3v) is 9.94. The van der Waals surface area contributed by atoms with Crippen molar-refractivity contribution in [1.29, 1.82) is 0 Å². The minimum absolute atomic E-state index is 0.0672. The zero-order chi connectivity index (χ0) is 29.0. The van der Waals surface area contributed by atoms with Crippen molar-refractivity contribution in [1.82, 2.24) is 19.2 Å². The van der Waals surface area contributed by atoms with Gasteiger partial charge in [-0.25, -0.2) is 22.9 Å². The van der Waals surface area contributed by atoms with Crippen LogP contribution in [0.2, 0.25) is 4.34 Å². The minimum atomic E-state index is -4.04. The number of aryl methyl sites for hydroxylation is 1. The lowest BCUT2D eigenvalue weighted by Crippen LogP contribution is -2.33. The number of thiophene rings is 1. The van der Waals surface area contributed by atoms with Crippen molar-refractivity contribution in [3.05, 3.63) is 75.1 Å². The summed E-state index contributed by atoms with van der Waals surface area (Å²) in [4.78, 5) is 32.9. The molecule has 3 heterocycles. The molecule has 0 bridgehead atoms. The molecule has 1 aliphatic heterocycles. The lowest BCUT2D eigenvalue weighted by molar-refractivity contribution is 0.228. The first-order valence-electron chi connectivity index (χ1n) is 13.4. The number of amides is 2. The molecule has 0 unspecified atom stereocenters. The number of carbonyl (C=O) groups excluding carboxylic acids is 1. The molecule has 216 valence electrons. The Morgan fingerprint density at radius 1 is 1.02 bits per heavy atom. The molecule has 0 spiro atoms. The number of carbonyl (C=O) groups is 1. The zero-order valence-electron chi connectivity index (χ0n) is 22.5. The number of rotatable bonds is 9. The molecule has 0 radical (unpaired) electrons. The van der Waals surface area contributed by atoms with E-state index < -0.39 is 16.1 Å². The number of urea groups is 1. The molecule has 0 aliphatic carbocycles. The highest BCUT2D eigenvalue weighted by molar-refractivity contribution is 7.92. The third-order valence-electron chi connectivity index (χ3n) is 6.89. The second-order valence-electron chi connectivity index (χ2n) is 9.88. The van der Waals surface area contributed by atoms with Crippen molar-refractivity contribution >= 4 is 61.3 Å². The van der Waals surface area contributed by atoms with Crippen molar-refractivity contribution in [2.75, 3.05) is 36.8 Å². The summed E-state index contributed by atoms with van der Waals surface area (Å²) in [7, 11) is -4.04. The Bertz CT molecular complexity index is 1710. The summed E-state index contributed by atoms with van der Waals surface area (Å²) in [6.07, 6.45) is 4.97. The van der Waals surface area contributed by atoms with Crippen LogP contribution in [-0.4, -0.2) is 55.1 Å². The zero-order valence-corrected chi connectivity index (χ0v) is 24.9. The summed E-state index contributed by atoms with van der Waals surface area (Å²) in [6.45, 7) is 6.09. The first-order valence-corrected chi connectivity index (χ1v) is 16.1. The normalized spacial score (nSPS) is 14.2. The van der Waals surface area contributed by atoms with E-state index in [4.69, 9.17) is 11.6 Å².